The lowest BCUT2D eigenvalue weighted by atomic mass is 10.1. The standard InChI is InChI=1S/C18H12BrClN4/c19-13-3-1-11(2-4-13)9-15-23-16-14(12-5-7-21-8-6-12)10-22-18(20)17(16)24-15/h1-8,10H,9H2,(H,23,24). The Morgan fingerprint density at radius 1 is 1.04 bits per heavy atom. The van der Waals surface area contributed by atoms with E-state index in [2.05, 4.69) is 43.0 Å². The van der Waals surface area contributed by atoms with Crippen LogP contribution in [-0.4, -0.2) is 19.9 Å². The molecule has 3 aromatic heterocycles. The molecule has 1 N–H and O–H groups in total. The summed E-state index contributed by atoms with van der Waals surface area (Å²) in [5.41, 5.74) is 4.72. The second-order valence-corrected chi connectivity index (χ2v) is 6.68. The Labute approximate surface area is 152 Å². The molecule has 4 rings (SSSR count). The Bertz CT molecular complexity index is 997. The van der Waals surface area contributed by atoms with Crippen LogP contribution in [0.2, 0.25) is 5.15 Å². The highest BCUT2D eigenvalue weighted by molar-refractivity contribution is 9.10. The predicted molar refractivity (Wildman–Crippen MR) is 99.1 cm³/mol. The van der Waals surface area contributed by atoms with Gasteiger partial charge in [0.15, 0.2) is 5.15 Å². The van der Waals surface area contributed by atoms with Crippen molar-refractivity contribution in [3.8, 4) is 11.1 Å². The fourth-order valence-electron chi connectivity index (χ4n) is 2.64. The van der Waals surface area contributed by atoms with Gasteiger partial charge in [-0.25, -0.2) is 9.97 Å². The molecule has 0 radical (unpaired) electrons. The minimum absolute atomic E-state index is 0.428. The number of hydrogen-bond acceptors (Lipinski definition) is 3. The van der Waals surface area contributed by atoms with Crippen molar-refractivity contribution in [1.29, 1.82) is 0 Å². The average molecular weight is 400 g/mol. The molecule has 0 spiro atoms. The summed E-state index contributed by atoms with van der Waals surface area (Å²) in [5.74, 6) is 0.859. The number of nitrogens with one attached hydrogen (secondary N) is 1. The molecule has 0 aliphatic heterocycles. The number of benzene rings is 1. The minimum atomic E-state index is 0.428. The molecule has 24 heavy (non-hydrogen) atoms. The highest BCUT2D eigenvalue weighted by atomic mass is 79.9. The summed E-state index contributed by atoms with van der Waals surface area (Å²) in [6, 6.07) is 12.1. The Hall–Kier alpha value is -2.24. The predicted octanol–water partition coefficient (Wildman–Crippen LogP) is 5.03. The highest BCUT2D eigenvalue weighted by Crippen LogP contribution is 2.30. The quantitative estimate of drug-likeness (QED) is 0.492. The first-order chi connectivity index (χ1) is 11.7. The monoisotopic (exact) mass is 398 g/mol. The number of aromatic amines is 1. The Morgan fingerprint density at radius 3 is 2.54 bits per heavy atom. The molecule has 6 heteroatoms. The van der Waals surface area contributed by atoms with Crippen molar-refractivity contribution in [2.75, 3.05) is 0 Å². The van der Waals surface area contributed by atoms with E-state index in [1.165, 1.54) is 5.56 Å². The molecule has 0 atom stereocenters. The van der Waals surface area contributed by atoms with E-state index in [1.54, 1.807) is 18.6 Å². The zero-order valence-electron chi connectivity index (χ0n) is 12.5. The molecule has 0 fully saturated rings. The molecule has 0 saturated carbocycles. The van der Waals surface area contributed by atoms with Gasteiger partial charge < -0.3 is 4.98 Å². The molecule has 0 saturated heterocycles. The van der Waals surface area contributed by atoms with E-state index in [4.69, 9.17) is 16.6 Å². The summed E-state index contributed by atoms with van der Waals surface area (Å²) in [5, 5.41) is 0.428. The minimum Gasteiger partial charge on any atom is -0.339 e. The van der Waals surface area contributed by atoms with Gasteiger partial charge in [0.25, 0.3) is 0 Å². The van der Waals surface area contributed by atoms with Gasteiger partial charge in [0.05, 0.1) is 0 Å². The topological polar surface area (TPSA) is 54.5 Å². The van der Waals surface area contributed by atoms with Gasteiger partial charge in [-0.1, -0.05) is 39.7 Å². The summed E-state index contributed by atoms with van der Waals surface area (Å²) < 4.78 is 1.06. The number of rotatable bonds is 3. The molecule has 1 aromatic carbocycles. The lowest BCUT2D eigenvalue weighted by molar-refractivity contribution is 1.04. The van der Waals surface area contributed by atoms with Gasteiger partial charge in [0.2, 0.25) is 0 Å². The van der Waals surface area contributed by atoms with Crippen LogP contribution in [0.5, 0.6) is 0 Å². The van der Waals surface area contributed by atoms with Crippen molar-refractivity contribution in [2.24, 2.45) is 0 Å². The molecule has 0 amide bonds. The Kier molecular flexibility index (Phi) is 4.04. The van der Waals surface area contributed by atoms with Crippen LogP contribution < -0.4 is 0 Å². The van der Waals surface area contributed by atoms with Crippen molar-refractivity contribution in [1.82, 2.24) is 19.9 Å². The molecule has 0 unspecified atom stereocenters. The largest absolute Gasteiger partial charge is 0.339 e. The molecular formula is C18H12BrClN4. The molecule has 0 aliphatic rings. The SMILES string of the molecule is Clc1ncc(-c2ccncc2)c2nc(Cc3ccc(Br)cc3)[nH]c12. The maximum atomic E-state index is 6.25. The van der Waals surface area contributed by atoms with Crippen molar-refractivity contribution in [3.05, 3.63) is 76.0 Å². The third kappa shape index (κ3) is 2.92. The molecule has 4 aromatic rings. The number of H-pyrrole nitrogens is 1. The Balaban J connectivity index is 1.79. The van der Waals surface area contributed by atoms with Crippen LogP contribution in [0.25, 0.3) is 22.2 Å². The van der Waals surface area contributed by atoms with Gasteiger partial charge in [-0.2, -0.15) is 0 Å². The molecule has 0 bridgehead atoms. The van der Waals surface area contributed by atoms with Crippen LogP contribution in [-0.2, 0) is 6.42 Å². The van der Waals surface area contributed by atoms with E-state index in [1.807, 2.05) is 24.3 Å². The molecule has 4 nitrogen and oxygen atoms in total. The zero-order valence-corrected chi connectivity index (χ0v) is 14.8. The van der Waals surface area contributed by atoms with Crippen molar-refractivity contribution in [2.45, 2.75) is 6.42 Å². The molecule has 118 valence electrons. The lowest BCUT2D eigenvalue weighted by Crippen LogP contribution is -1.90. The van der Waals surface area contributed by atoms with E-state index in [-0.39, 0.29) is 0 Å². The number of halogens is 2. The fourth-order valence-corrected chi connectivity index (χ4v) is 3.09. The van der Waals surface area contributed by atoms with Gasteiger partial charge in [0.1, 0.15) is 16.9 Å². The number of aromatic nitrogens is 4. The lowest BCUT2D eigenvalue weighted by Gasteiger charge is -2.02. The van der Waals surface area contributed by atoms with Crippen LogP contribution in [0.1, 0.15) is 11.4 Å². The fraction of sp³-hybridized carbons (Fsp3) is 0.0556. The summed E-state index contributed by atoms with van der Waals surface area (Å²) in [6.07, 6.45) is 5.97. The van der Waals surface area contributed by atoms with Crippen LogP contribution >= 0.6 is 27.5 Å². The molecule has 0 aliphatic carbocycles. The summed E-state index contributed by atoms with van der Waals surface area (Å²) in [4.78, 5) is 16.4. The van der Waals surface area contributed by atoms with Gasteiger partial charge >= 0.3 is 0 Å². The second-order valence-electron chi connectivity index (χ2n) is 5.41. The zero-order chi connectivity index (χ0) is 16.5. The number of imidazole rings is 1. The first-order valence-electron chi connectivity index (χ1n) is 7.38. The first kappa shape index (κ1) is 15.3. The smallest absolute Gasteiger partial charge is 0.154 e. The third-order valence-corrected chi connectivity index (χ3v) is 4.61. The van der Waals surface area contributed by atoms with E-state index in [0.29, 0.717) is 11.6 Å². The van der Waals surface area contributed by atoms with Gasteiger partial charge in [-0.05, 0) is 35.4 Å². The van der Waals surface area contributed by atoms with Crippen LogP contribution in [0.3, 0.4) is 0 Å². The summed E-state index contributed by atoms with van der Waals surface area (Å²) in [6.45, 7) is 0. The van der Waals surface area contributed by atoms with Crippen molar-refractivity contribution >= 4 is 38.6 Å². The van der Waals surface area contributed by atoms with Crippen LogP contribution in [0.4, 0.5) is 0 Å². The van der Waals surface area contributed by atoms with Gasteiger partial charge in [0, 0.05) is 35.0 Å². The Morgan fingerprint density at radius 2 is 1.79 bits per heavy atom. The summed E-state index contributed by atoms with van der Waals surface area (Å²) in [7, 11) is 0. The van der Waals surface area contributed by atoms with E-state index < -0.39 is 0 Å². The molecular weight excluding hydrogens is 388 g/mol. The number of pyridine rings is 2. The maximum absolute atomic E-state index is 6.25. The van der Waals surface area contributed by atoms with Crippen LogP contribution in [0, 0.1) is 0 Å². The van der Waals surface area contributed by atoms with E-state index >= 15 is 0 Å². The normalized spacial score (nSPS) is 11.1. The average Bonchev–Trinajstić information content (AvgIpc) is 3.03. The summed E-state index contributed by atoms with van der Waals surface area (Å²) >= 11 is 9.70. The first-order valence-corrected chi connectivity index (χ1v) is 8.56. The van der Waals surface area contributed by atoms with E-state index in [0.717, 1.165) is 32.5 Å². The number of hydrogen-bond donors (Lipinski definition) is 1. The maximum Gasteiger partial charge on any atom is 0.154 e. The van der Waals surface area contributed by atoms with Crippen molar-refractivity contribution < 1.29 is 0 Å². The van der Waals surface area contributed by atoms with Crippen LogP contribution in [0.15, 0.2) is 59.5 Å². The third-order valence-electron chi connectivity index (χ3n) is 3.80. The van der Waals surface area contributed by atoms with Gasteiger partial charge in [-0.15, -0.1) is 0 Å². The number of nitrogens with zero attached hydrogens (tertiary/aromatic N) is 3. The second kappa shape index (κ2) is 6.34. The van der Waals surface area contributed by atoms with Crippen molar-refractivity contribution in [3.63, 3.8) is 0 Å². The highest BCUT2D eigenvalue weighted by Gasteiger charge is 2.13. The molecule has 3 heterocycles. The van der Waals surface area contributed by atoms with E-state index in [9.17, 15) is 0 Å². The number of fused-ring (bicyclic) bond motifs is 1. The van der Waals surface area contributed by atoms with Gasteiger partial charge in [-0.3, -0.25) is 4.98 Å².